The Morgan fingerprint density at radius 3 is 2.38 bits per heavy atom. The zero-order chi connectivity index (χ0) is 12.0. The lowest BCUT2D eigenvalue weighted by molar-refractivity contribution is 0.287. The van der Waals surface area contributed by atoms with Crippen molar-refractivity contribution in [2.24, 2.45) is 0 Å². The molecular formula is C13H23N3. The van der Waals surface area contributed by atoms with Crippen LogP contribution in [0.25, 0.3) is 0 Å². The fourth-order valence-corrected chi connectivity index (χ4v) is 1.99. The van der Waals surface area contributed by atoms with E-state index in [0.717, 1.165) is 37.2 Å². The highest BCUT2D eigenvalue weighted by atomic mass is 15.0. The van der Waals surface area contributed by atoms with Gasteiger partial charge in [0.15, 0.2) is 0 Å². The van der Waals surface area contributed by atoms with E-state index in [1.165, 1.54) is 0 Å². The third-order valence-electron chi connectivity index (χ3n) is 3.59. The second kappa shape index (κ2) is 5.85. The van der Waals surface area contributed by atoms with E-state index in [9.17, 15) is 0 Å². The summed E-state index contributed by atoms with van der Waals surface area (Å²) in [5.41, 5.74) is 7.81. The molecule has 3 heteroatoms. The van der Waals surface area contributed by atoms with Crippen LogP contribution in [0.3, 0.4) is 0 Å². The molecule has 1 aromatic rings. The number of nitrogens with one attached hydrogen (secondary N) is 1. The fraction of sp³-hybridized carbons (Fsp3) is 0.615. The van der Waals surface area contributed by atoms with Crippen molar-refractivity contribution >= 4 is 5.69 Å². The highest BCUT2D eigenvalue weighted by molar-refractivity contribution is 5.41. The van der Waals surface area contributed by atoms with Gasteiger partial charge in [0.1, 0.15) is 0 Å². The van der Waals surface area contributed by atoms with Gasteiger partial charge in [0, 0.05) is 18.3 Å². The first-order valence-electron chi connectivity index (χ1n) is 6.11. The van der Waals surface area contributed by atoms with E-state index in [0.29, 0.717) is 0 Å². The SMILES string of the molecule is CCC(CC)(CC)NCc1ncccc1N. The van der Waals surface area contributed by atoms with Crippen LogP contribution in [0.15, 0.2) is 18.3 Å². The van der Waals surface area contributed by atoms with Gasteiger partial charge in [-0.3, -0.25) is 4.98 Å². The van der Waals surface area contributed by atoms with Crippen LogP contribution in [0.1, 0.15) is 45.7 Å². The summed E-state index contributed by atoms with van der Waals surface area (Å²) in [6.07, 6.45) is 5.19. The number of nitrogens with two attached hydrogens (primary N) is 1. The Morgan fingerprint density at radius 1 is 1.25 bits per heavy atom. The second-order valence-electron chi connectivity index (χ2n) is 4.23. The van der Waals surface area contributed by atoms with Crippen molar-refractivity contribution < 1.29 is 0 Å². The van der Waals surface area contributed by atoms with Crippen molar-refractivity contribution in [2.75, 3.05) is 5.73 Å². The first-order valence-corrected chi connectivity index (χ1v) is 6.11. The van der Waals surface area contributed by atoms with Crippen LogP contribution in [0.5, 0.6) is 0 Å². The Balaban J connectivity index is 2.66. The number of nitrogens with zero attached hydrogens (tertiary/aromatic N) is 1. The Hall–Kier alpha value is -1.09. The van der Waals surface area contributed by atoms with E-state index in [1.807, 2.05) is 12.1 Å². The van der Waals surface area contributed by atoms with E-state index in [-0.39, 0.29) is 5.54 Å². The average Bonchev–Trinajstić information content (AvgIpc) is 2.34. The first kappa shape index (κ1) is 13.0. The molecule has 1 heterocycles. The minimum Gasteiger partial charge on any atom is -0.397 e. The minimum absolute atomic E-state index is 0.226. The molecular weight excluding hydrogens is 198 g/mol. The van der Waals surface area contributed by atoms with E-state index in [4.69, 9.17) is 5.73 Å². The molecule has 16 heavy (non-hydrogen) atoms. The average molecular weight is 221 g/mol. The van der Waals surface area contributed by atoms with Gasteiger partial charge in [0.2, 0.25) is 0 Å². The topological polar surface area (TPSA) is 50.9 Å². The molecule has 0 aliphatic heterocycles. The van der Waals surface area contributed by atoms with Crippen LogP contribution in [-0.2, 0) is 6.54 Å². The highest BCUT2D eigenvalue weighted by Gasteiger charge is 2.22. The molecule has 0 aliphatic rings. The van der Waals surface area contributed by atoms with Crippen LogP contribution in [0.4, 0.5) is 5.69 Å². The number of nitrogen functional groups attached to an aromatic ring is 1. The van der Waals surface area contributed by atoms with Crippen molar-refractivity contribution in [3.05, 3.63) is 24.0 Å². The van der Waals surface area contributed by atoms with Crippen molar-refractivity contribution in [3.8, 4) is 0 Å². The number of pyridine rings is 1. The molecule has 0 saturated carbocycles. The fourth-order valence-electron chi connectivity index (χ4n) is 1.99. The zero-order valence-corrected chi connectivity index (χ0v) is 10.6. The van der Waals surface area contributed by atoms with Crippen LogP contribution in [0.2, 0.25) is 0 Å². The summed E-state index contributed by atoms with van der Waals surface area (Å²) < 4.78 is 0. The van der Waals surface area contributed by atoms with Gasteiger partial charge >= 0.3 is 0 Å². The molecule has 3 nitrogen and oxygen atoms in total. The van der Waals surface area contributed by atoms with E-state index < -0.39 is 0 Å². The second-order valence-corrected chi connectivity index (χ2v) is 4.23. The Morgan fingerprint density at radius 2 is 1.88 bits per heavy atom. The van der Waals surface area contributed by atoms with Crippen molar-refractivity contribution in [3.63, 3.8) is 0 Å². The number of anilines is 1. The standard InChI is InChI=1S/C13H23N3/c1-4-13(5-2,6-3)16-10-12-11(14)8-7-9-15-12/h7-9,16H,4-6,10,14H2,1-3H3. The lowest BCUT2D eigenvalue weighted by atomic mass is 9.90. The molecule has 0 unspecified atom stereocenters. The Bertz CT molecular complexity index is 310. The number of hydrogen-bond donors (Lipinski definition) is 2. The van der Waals surface area contributed by atoms with Crippen molar-refractivity contribution in [1.82, 2.24) is 10.3 Å². The van der Waals surface area contributed by atoms with Gasteiger partial charge in [0.25, 0.3) is 0 Å². The molecule has 1 rings (SSSR count). The van der Waals surface area contributed by atoms with E-state index >= 15 is 0 Å². The lowest BCUT2D eigenvalue weighted by Crippen LogP contribution is -2.43. The highest BCUT2D eigenvalue weighted by Crippen LogP contribution is 2.20. The van der Waals surface area contributed by atoms with Gasteiger partial charge in [0.05, 0.1) is 11.4 Å². The molecule has 0 atom stereocenters. The van der Waals surface area contributed by atoms with Gasteiger partial charge in [-0.15, -0.1) is 0 Å². The van der Waals surface area contributed by atoms with Crippen molar-refractivity contribution in [2.45, 2.75) is 52.1 Å². The maximum atomic E-state index is 5.87. The summed E-state index contributed by atoms with van der Waals surface area (Å²) >= 11 is 0. The molecule has 0 aromatic carbocycles. The van der Waals surface area contributed by atoms with Crippen molar-refractivity contribution in [1.29, 1.82) is 0 Å². The van der Waals surface area contributed by atoms with Gasteiger partial charge in [-0.25, -0.2) is 0 Å². The summed E-state index contributed by atoms with van der Waals surface area (Å²) in [4.78, 5) is 4.30. The summed E-state index contributed by atoms with van der Waals surface area (Å²) in [7, 11) is 0. The summed E-state index contributed by atoms with van der Waals surface area (Å²) in [5, 5.41) is 3.60. The predicted octanol–water partition coefficient (Wildman–Crippen LogP) is 2.72. The van der Waals surface area contributed by atoms with Crippen LogP contribution < -0.4 is 11.1 Å². The first-order chi connectivity index (χ1) is 7.67. The molecule has 0 aliphatic carbocycles. The monoisotopic (exact) mass is 221 g/mol. The van der Waals surface area contributed by atoms with Crippen LogP contribution in [-0.4, -0.2) is 10.5 Å². The molecule has 90 valence electrons. The zero-order valence-electron chi connectivity index (χ0n) is 10.6. The third kappa shape index (κ3) is 2.95. The molecule has 0 saturated heterocycles. The van der Waals surface area contributed by atoms with Crippen LogP contribution in [0, 0.1) is 0 Å². The lowest BCUT2D eigenvalue weighted by Gasteiger charge is -2.32. The van der Waals surface area contributed by atoms with Gasteiger partial charge in [-0.05, 0) is 31.4 Å². The number of hydrogen-bond acceptors (Lipinski definition) is 3. The summed E-state index contributed by atoms with van der Waals surface area (Å²) in [5.74, 6) is 0. The van der Waals surface area contributed by atoms with Gasteiger partial charge < -0.3 is 11.1 Å². The Labute approximate surface area is 98.5 Å². The largest absolute Gasteiger partial charge is 0.397 e. The molecule has 0 spiro atoms. The molecule has 3 N–H and O–H groups in total. The van der Waals surface area contributed by atoms with Gasteiger partial charge in [-0.2, -0.15) is 0 Å². The van der Waals surface area contributed by atoms with E-state index in [1.54, 1.807) is 6.20 Å². The number of rotatable bonds is 6. The quantitative estimate of drug-likeness (QED) is 0.776. The maximum absolute atomic E-state index is 5.87. The molecule has 0 amide bonds. The smallest absolute Gasteiger partial charge is 0.0770 e. The minimum atomic E-state index is 0.226. The molecule has 0 bridgehead atoms. The van der Waals surface area contributed by atoms with Gasteiger partial charge in [-0.1, -0.05) is 20.8 Å². The number of aromatic nitrogens is 1. The third-order valence-corrected chi connectivity index (χ3v) is 3.59. The molecule has 0 radical (unpaired) electrons. The van der Waals surface area contributed by atoms with E-state index in [2.05, 4.69) is 31.1 Å². The predicted molar refractivity (Wildman–Crippen MR) is 69.1 cm³/mol. The molecule has 1 aromatic heterocycles. The maximum Gasteiger partial charge on any atom is 0.0770 e. The summed E-state index contributed by atoms with van der Waals surface area (Å²) in [6.45, 7) is 7.42. The molecule has 0 fully saturated rings. The summed E-state index contributed by atoms with van der Waals surface area (Å²) in [6, 6.07) is 3.76. The Kier molecular flexibility index (Phi) is 4.74. The normalized spacial score (nSPS) is 11.7. The van der Waals surface area contributed by atoms with Crippen LogP contribution >= 0.6 is 0 Å².